The maximum absolute atomic E-state index is 12.0. The van der Waals surface area contributed by atoms with Crippen LogP contribution in [0.5, 0.6) is 0 Å². The van der Waals surface area contributed by atoms with Crippen LogP contribution in [0, 0.1) is 5.92 Å². The van der Waals surface area contributed by atoms with E-state index >= 15 is 0 Å². The Morgan fingerprint density at radius 2 is 1.28 bits per heavy atom. The SMILES string of the molecule is O=CC(COC(=O)c1ccccc1)C(=O)COC(=O)c1ccccc1. The van der Waals surface area contributed by atoms with E-state index in [1.54, 1.807) is 60.7 Å². The highest BCUT2D eigenvalue weighted by atomic mass is 16.5. The van der Waals surface area contributed by atoms with Gasteiger partial charge in [-0.05, 0) is 24.3 Å². The second-order valence-corrected chi connectivity index (χ2v) is 5.12. The Bertz CT molecular complexity index is 739. The van der Waals surface area contributed by atoms with Gasteiger partial charge in [-0.25, -0.2) is 9.59 Å². The third kappa shape index (κ3) is 5.39. The highest BCUT2D eigenvalue weighted by Gasteiger charge is 2.22. The second-order valence-electron chi connectivity index (χ2n) is 5.12. The van der Waals surface area contributed by atoms with Gasteiger partial charge < -0.3 is 14.3 Å². The van der Waals surface area contributed by atoms with Gasteiger partial charge in [0.2, 0.25) is 0 Å². The molecule has 25 heavy (non-hydrogen) atoms. The Hall–Kier alpha value is -3.28. The molecular formula is C19H16O6. The van der Waals surface area contributed by atoms with Gasteiger partial charge in [0, 0.05) is 0 Å². The van der Waals surface area contributed by atoms with Crippen molar-refractivity contribution < 1.29 is 28.7 Å². The van der Waals surface area contributed by atoms with E-state index in [0.29, 0.717) is 17.4 Å². The zero-order valence-corrected chi connectivity index (χ0v) is 13.3. The van der Waals surface area contributed by atoms with E-state index in [2.05, 4.69) is 0 Å². The number of benzene rings is 2. The van der Waals surface area contributed by atoms with Crippen molar-refractivity contribution in [1.29, 1.82) is 0 Å². The Labute approximate surface area is 144 Å². The Morgan fingerprint density at radius 1 is 0.800 bits per heavy atom. The first-order valence-electron chi connectivity index (χ1n) is 7.54. The molecule has 6 heteroatoms. The summed E-state index contributed by atoms with van der Waals surface area (Å²) in [5.41, 5.74) is 0.614. The fourth-order valence-corrected chi connectivity index (χ4v) is 1.93. The van der Waals surface area contributed by atoms with E-state index in [4.69, 9.17) is 9.47 Å². The van der Waals surface area contributed by atoms with Crippen molar-refractivity contribution >= 4 is 24.0 Å². The van der Waals surface area contributed by atoms with Crippen molar-refractivity contribution in [1.82, 2.24) is 0 Å². The molecule has 0 N–H and O–H groups in total. The summed E-state index contributed by atoms with van der Waals surface area (Å²) in [6.45, 7) is -0.973. The van der Waals surface area contributed by atoms with Gasteiger partial charge in [-0.3, -0.25) is 4.79 Å². The number of hydrogen-bond donors (Lipinski definition) is 0. The molecule has 1 atom stereocenters. The molecule has 2 rings (SSSR count). The Balaban J connectivity index is 1.83. The lowest BCUT2D eigenvalue weighted by Crippen LogP contribution is -2.28. The molecule has 0 aliphatic rings. The molecule has 0 saturated carbocycles. The minimum absolute atomic E-state index is 0.299. The molecule has 0 amide bonds. The summed E-state index contributed by atoms with van der Waals surface area (Å²) in [4.78, 5) is 46.6. The quantitative estimate of drug-likeness (QED) is 0.415. The van der Waals surface area contributed by atoms with Crippen molar-refractivity contribution in [3.05, 3.63) is 71.8 Å². The zero-order valence-electron chi connectivity index (χ0n) is 13.3. The first kappa shape index (κ1) is 18.1. The van der Waals surface area contributed by atoms with Crippen molar-refractivity contribution in [3.63, 3.8) is 0 Å². The van der Waals surface area contributed by atoms with E-state index in [1.165, 1.54) is 0 Å². The number of ketones is 1. The van der Waals surface area contributed by atoms with Crippen LogP contribution in [0.25, 0.3) is 0 Å². The molecular weight excluding hydrogens is 324 g/mol. The van der Waals surface area contributed by atoms with E-state index in [0.717, 1.165) is 0 Å². The van der Waals surface area contributed by atoms with Crippen LogP contribution in [0.3, 0.4) is 0 Å². The number of esters is 2. The predicted molar refractivity (Wildman–Crippen MR) is 88.0 cm³/mol. The summed E-state index contributed by atoms with van der Waals surface area (Å²) in [5, 5.41) is 0. The molecule has 6 nitrogen and oxygen atoms in total. The number of carbonyl (C=O) groups is 4. The summed E-state index contributed by atoms with van der Waals surface area (Å²) in [5.74, 6) is -3.13. The molecule has 0 heterocycles. The lowest BCUT2D eigenvalue weighted by Gasteiger charge is -2.11. The first-order chi connectivity index (χ1) is 12.1. The number of hydrogen-bond acceptors (Lipinski definition) is 6. The average Bonchev–Trinajstić information content (AvgIpc) is 2.67. The maximum Gasteiger partial charge on any atom is 0.338 e. The van der Waals surface area contributed by atoms with Gasteiger partial charge in [-0.2, -0.15) is 0 Å². The molecule has 0 aromatic heterocycles. The van der Waals surface area contributed by atoms with Crippen LogP contribution in [0.15, 0.2) is 60.7 Å². The average molecular weight is 340 g/mol. The molecule has 0 aliphatic carbocycles. The van der Waals surface area contributed by atoms with Gasteiger partial charge in [0.15, 0.2) is 12.4 Å². The van der Waals surface area contributed by atoms with Crippen LogP contribution in [-0.4, -0.2) is 37.2 Å². The largest absolute Gasteiger partial charge is 0.461 e. The number of Topliss-reactive ketones (excluding diaryl/α,β-unsaturated/α-hetero) is 1. The Morgan fingerprint density at radius 3 is 1.76 bits per heavy atom. The standard InChI is InChI=1S/C19H16O6/c20-11-16(12-24-18(22)14-7-3-1-4-8-14)17(21)13-25-19(23)15-9-5-2-6-10-15/h1-11,16H,12-13H2. The van der Waals surface area contributed by atoms with Crippen LogP contribution in [0.2, 0.25) is 0 Å². The molecule has 1 unspecified atom stereocenters. The summed E-state index contributed by atoms with van der Waals surface area (Å²) in [6.07, 6.45) is 0.372. The molecule has 0 fully saturated rings. The van der Waals surface area contributed by atoms with Crippen LogP contribution in [0.1, 0.15) is 20.7 Å². The summed E-state index contributed by atoms with van der Waals surface area (Å²) in [6, 6.07) is 16.4. The van der Waals surface area contributed by atoms with Crippen LogP contribution >= 0.6 is 0 Å². The van der Waals surface area contributed by atoms with Gasteiger partial charge in [-0.15, -0.1) is 0 Å². The third-order valence-electron chi connectivity index (χ3n) is 3.34. The molecule has 128 valence electrons. The summed E-state index contributed by atoms with van der Waals surface area (Å²) >= 11 is 0. The number of carbonyl (C=O) groups excluding carboxylic acids is 4. The molecule has 2 aromatic rings. The fraction of sp³-hybridized carbons (Fsp3) is 0.158. The molecule has 0 aliphatic heterocycles. The van der Waals surface area contributed by atoms with Crippen LogP contribution < -0.4 is 0 Å². The predicted octanol–water partition coefficient (Wildman–Crippen LogP) is 2.08. The first-order valence-corrected chi connectivity index (χ1v) is 7.54. The normalized spacial score (nSPS) is 11.2. The minimum atomic E-state index is -1.18. The van der Waals surface area contributed by atoms with Crippen molar-refractivity contribution in [3.8, 4) is 0 Å². The summed E-state index contributed by atoms with van der Waals surface area (Å²) in [7, 11) is 0. The molecule has 0 bridgehead atoms. The van der Waals surface area contributed by atoms with Gasteiger partial charge in [0.25, 0.3) is 0 Å². The minimum Gasteiger partial charge on any atom is -0.461 e. The molecule has 2 aromatic carbocycles. The van der Waals surface area contributed by atoms with Crippen molar-refractivity contribution in [2.24, 2.45) is 5.92 Å². The Kier molecular flexibility index (Phi) is 6.59. The van der Waals surface area contributed by atoms with E-state index in [9.17, 15) is 19.2 Å². The third-order valence-corrected chi connectivity index (χ3v) is 3.34. The van der Waals surface area contributed by atoms with Crippen LogP contribution in [0.4, 0.5) is 0 Å². The monoisotopic (exact) mass is 340 g/mol. The molecule has 0 saturated heterocycles. The van der Waals surface area contributed by atoms with Crippen molar-refractivity contribution in [2.75, 3.05) is 13.2 Å². The molecule has 0 spiro atoms. The topological polar surface area (TPSA) is 86.7 Å². The van der Waals surface area contributed by atoms with Gasteiger partial charge in [0.05, 0.1) is 11.1 Å². The smallest absolute Gasteiger partial charge is 0.338 e. The summed E-state index contributed by atoms with van der Waals surface area (Å²) < 4.78 is 9.84. The number of rotatable bonds is 8. The fourth-order valence-electron chi connectivity index (χ4n) is 1.93. The highest BCUT2D eigenvalue weighted by Crippen LogP contribution is 2.06. The maximum atomic E-state index is 12.0. The van der Waals surface area contributed by atoms with Crippen LogP contribution in [-0.2, 0) is 19.1 Å². The van der Waals surface area contributed by atoms with Gasteiger partial charge in [-0.1, -0.05) is 36.4 Å². The van der Waals surface area contributed by atoms with Crippen molar-refractivity contribution in [2.45, 2.75) is 0 Å². The van der Waals surface area contributed by atoms with E-state index in [-0.39, 0.29) is 0 Å². The van der Waals surface area contributed by atoms with Gasteiger partial charge in [0.1, 0.15) is 18.8 Å². The number of ether oxygens (including phenoxy) is 2. The number of aldehydes is 1. The van der Waals surface area contributed by atoms with E-state index in [1.807, 2.05) is 0 Å². The lowest BCUT2D eigenvalue weighted by atomic mass is 10.1. The lowest BCUT2D eigenvalue weighted by molar-refractivity contribution is -0.131. The molecule has 0 radical (unpaired) electrons. The zero-order chi connectivity index (χ0) is 18.1. The van der Waals surface area contributed by atoms with Gasteiger partial charge >= 0.3 is 11.9 Å². The highest BCUT2D eigenvalue weighted by molar-refractivity contribution is 5.97. The van der Waals surface area contributed by atoms with E-state index < -0.39 is 36.9 Å². The second kappa shape index (κ2) is 9.12.